The summed E-state index contributed by atoms with van der Waals surface area (Å²) in [7, 11) is 2.19. The molecule has 0 fully saturated rings. The van der Waals surface area contributed by atoms with Gasteiger partial charge in [0.1, 0.15) is 0 Å². The molecular weight excluding hydrogens is 278 g/mol. The number of nitrogens with zero attached hydrogens (tertiary/aromatic N) is 1. The zero-order valence-corrected chi connectivity index (χ0v) is 15.0. The third-order valence-electron chi connectivity index (χ3n) is 4.24. The smallest absolute Gasteiger partial charge is 0.0372 e. The summed E-state index contributed by atoms with van der Waals surface area (Å²) in [5.74, 6) is 0. The molecule has 2 aromatic carbocycles. The fourth-order valence-corrected chi connectivity index (χ4v) is 2.61. The topological polar surface area (TPSA) is 3.24 Å². The summed E-state index contributed by atoms with van der Waals surface area (Å²) in [4.78, 5) is 2.37. The predicted molar refractivity (Wildman–Crippen MR) is 104 cm³/mol. The van der Waals surface area contributed by atoms with Gasteiger partial charge in [0, 0.05) is 19.3 Å². The van der Waals surface area contributed by atoms with Crippen LogP contribution in [0.2, 0.25) is 0 Å². The SMILES string of the molecule is CCCCN(C)c1cc(/C=C/c2ccc(C)cc2)cc(CC)c1. The fourth-order valence-electron chi connectivity index (χ4n) is 2.61. The van der Waals surface area contributed by atoms with Crippen molar-refractivity contribution < 1.29 is 0 Å². The van der Waals surface area contributed by atoms with Gasteiger partial charge in [-0.05, 0) is 48.6 Å². The maximum absolute atomic E-state index is 2.37. The normalized spacial score (nSPS) is 11.1. The fraction of sp³-hybridized carbons (Fsp3) is 0.364. The number of unbranched alkanes of at least 4 members (excludes halogenated alkanes) is 1. The molecule has 0 aliphatic heterocycles. The molecule has 1 heteroatoms. The third kappa shape index (κ3) is 5.28. The zero-order chi connectivity index (χ0) is 16.7. The van der Waals surface area contributed by atoms with Crippen LogP contribution in [-0.2, 0) is 6.42 Å². The molecular formula is C22H29N. The molecule has 1 nitrogen and oxygen atoms in total. The minimum atomic E-state index is 1.07. The van der Waals surface area contributed by atoms with E-state index in [1.165, 1.54) is 40.8 Å². The van der Waals surface area contributed by atoms with Crippen molar-refractivity contribution in [3.05, 3.63) is 64.7 Å². The van der Waals surface area contributed by atoms with Crippen molar-refractivity contribution >= 4 is 17.8 Å². The molecule has 23 heavy (non-hydrogen) atoms. The van der Waals surface area contributed by atoms with Crippen molar-refractivity contribution in [3.63, 3.8) is 0 Å². The highest BCUT2D eigenvalue weighted by molar-refractivity contribution is 5.72. The summed E-state index contributed by atoms with van der Waals surface area (Å²) in [6, 6.07) is 15.6. The Labute approximate surface area is 141 Å². The molecule has 0 saturated heterocycles. The lowest BCUT2D eigenvalue weighted by atomic mass is 10.0. The van der Waals surface area contributed by atoms with Gasteiger partial charge < -0.3 is 4.90 Å². The molecule has 0 aromatic heterocycles. The lowest BCUT2D eigenvalue weighted by molar-refractivity contribution is 0.766. The van der Waals surface area contributed by atoms with Crippen LogP contribution in [0.15, 0.2) is 42.5 Å². The quantitative estimate of drug-likeness (QED) is 0.570. The Balaban J connectivity index is 2.21. The monoisotopic (exact) mass is 307 g/mol. The Morgan fingerprint density at radius 3 is 2.26 bits per heavy atom. The van der Waals surface area contributed by atoms with Crippen LogP contribution in [0.25, 0.3) is 12.2 Å². The van der Waals surface area contributed by atoms with Gasteiger partial charge in [0.05, 0.1) is 0 Å². The summed E-state index contributed by atoms with van der Waals surface area (Å²) in [5.41, 5.74) is 6.55. The van der Waals surface area contributed by atoms with E-state index in [1.807, 2.05) is 0 Å². The van der Waals surface area contributed by atoms with Gasteiger partial charge in [-0.25, -0.2) is 0 Å². The molecule has 0 heterocycles. The molecule has 0 aliphatic rings. The summed E-state index contributed by atoms with van der Waals surface area (Å²) in [6.07, 6.45) is 7.96. The van der Waals surface area contributed by atoms with Crippen LogP contribution < -0.4 is 4.90 Å². The molecule has 0 spiro atoms. The van der Waals surface area contributed by atoms with E-state index in [9.17, 15) is 0 Å². The first-order chi connectivity index (χ1) is 11.1. The Morgan fingerprint density at radius 1 is 0.913 bits per heavy atom. The highest BCUT2D eigenvalue weighted by atomic mass is 15.1. The lowest BCUT2D eigenvalue weighted by Gasteiger charge is -2.20. The molecule has 0 radical (unpaired) electrons. The van der Waals surface area contributed by atoms with Gasteiger partial charge in [-0.3, -0.25) is 0 Å². The molecule has 2 rings (SSSR count). The molecule has 0 atom stereocenters. The van der Waals surface area contributed by atoms with Crippen LogP contribution in [0.3, 0.4) is 0 Å². The van der Waals surface area contributed by atoms with Crippen LogP contribution in [0.4, 0.5) is 5.69 Å². The van der Waals surface area contributed by atoms with Crippen molar-refractivity contribution in [3.8, 4) is 0 Å². The van der Waals surface area contributed by atoms with Crippen molar-refractivity contribution in [2.45, 2.75) is 40.0 Å². The van der Waals surface area contributed by atoms with Crippen LogP contribution in [-0.4, -0.2) is 13.6 Å². The second-order valence-corrected chi connectivity index (χ2v) is 6.31. The summed E-state index contributed by atoms with van der Waals surface area (Å²) >= 11 is 0. The Hall–Kier alpha value is -2.02. The number of hydrogen-bond acceptors (Lipinski definition) is 1. The van der Waals surface area contributed by atoms with Gasteiger partial charge >= 0.3 is 0 Å². The van der Waals surface area contributed by atoms with Crippen LogP contribution in [0, 0.1) is 6.92 Å². The molecule has 0 saturated carbocycles. The number of aryl methyl sites for hydroxylation is 2. The van der Waals surface area contributed by atoms with E-state index < -0.39 is 0 Å². The van der Waals surface area contributed by atoms with Gasteiger partial charge in [-0.15, -0.1) is 0 Å². The van der Waals surface area contributed by atoms with Crippen molar-refractivity contribution in [1.82, 2.24) is 0 Å². The van der Waals surface area contributed by atoms with Gasteiger partial charge in [0.15, 0.2) is 0 Å². The first-order valence-corrected chi connectivity index (χ1v) is 8.72. The predicted octanol–water partition coefficient (Wildman–Crippen LogP) is 5.96. The number of benzene rings is 2. The number of hydrogen-bond donors (Lipinski definition) is 0. The van der Waals surface area contributed by atoms with Crippen molar-refractivity contribution in [2.24, 2.45) is 0 Å². The average molecular weight is 307 g/mol. The zero-order valence-electron chi connectivity index (χ0n) is 15.0. The summed E-state index contributed by atoms with van der Waals surface area (Å²) in [6.45, 7) is 7.70. The minimum Gasteiger partial charge on any atom is -0.375 e. The van der Waals surface area contributed by atoms with E-state index in [0.717, 1.165) is 13.0 Å². The van der Waals surface area contributed by atoms with Crippen molar-refractivity contribution in [1.29, 1.82) is 0 Å². The second-order valence-electron chi connectivity index (χ2n) is 6.31. The Bertz CT molecular complexity index is 638. The third-order valence-corrected chi connectivity index (χ3v) is 4.24. The molecule has 0 aliphatic carbocycles. The lowest BCUT2D eigenvalue weighted by Crippen LogP contribution is -2.18. The molecule has 0 unspecified atom stereocenters. The largest absolute Gasteiger partial charge is 0.375 e. The van der Waals surface area contributed by atoms with Crippen molar-refractivity contribution in [2.75, 3.05) is 18.5 Å². The number of anilines is 1. The van der Waals surface area contributed by atoms with Gasteiger partial charge in [0.25, 0.3) is 0 Å². The highest BCUT2D eigenvalue weighted by Gasteiger charge is 2.03. The van der Waals surface area contributed by atoms with Gasteiger partial charge in [0.2, 0.25) is 0 Å². The second kappa shape index (κ2) is 8.57. The van der Waals surface area contributed by atoms with E-state index in [1.54, 1.807) is 0 Å². The molecule has 0 N–H and O–H groups in total. The standard InChI is InChI=1S/C22H29N/c1-5-7-14-23(4)22-16-19(6-2)15-21(17-22)13-12-20-10-8-18(3)9-11-20/h8-13,15-17H,5-7,14H2,1-4H3/b13-12+. The van der Waals surface area contributed by atoms with E-state index in [0.29, 0.717) is 0 Å². The van der Waals surface area contributed by atoms with E-state index in [2.05, 4.69) is 87.3 Å². The van der Waals surface area contributed by atoms with E-state index >= 15 is 0 Å². The first kappa shape index (κ1) is 17.3. The van der Waals surface area contributed by atoms with Gasteiger partial charge in [-0.1, -0.05) is 68.3 Å². The van der Waals surface area contributed by atoms with Crippen LogP contribution >= 0.6 is 0 Å². The minimum absolute atomic E-state index is 1.07. The number of rotatable bonds is 7. The highest BCUT2D eigenvalue weighted by Crippen LogP contribution is 2.21. The Morgan fingerprint density at radius 2 is 1.61 bits per heavy atom. The van der Waals surface area contributed by atoms with Gasteiger partial charge in [-0.2, -0.15) is 0 Å². The maximum atomic E-state index is 2.37. The molecule has 0 bridgehead atoms. The summed E-state index contributed by atoms with van der Waals surface area (Å²) < 4.78 is 0. The molecule has 122 valence electrons. The summed E-state index contributed by atoms with van der Waals surface area (Å²) in [5, 5.41) is 0. The maximum Gasteiger partial charge on any atom is 0.0372 e. The van der Waals surface area contributed by atoms with Crippen LogP contribution in [0.1, 0.15) is 48.9 Å². The van der Waals surface area contributed by atoms with E-state index in [-0.39, 0.29) is 0 Å². The first-order valence-electron chi connectivity index (χ1n) is 8.72. The van der Waals surface area contributed by atoms with Crippen LogP contribution in [0.5, 0.6) is 0 Å². The van der Waals surface area contributed by atoms with E-state index in [4.69, 9.17) is 0 Å². The average Bonchev–Trinajstić information content (AvgIpc) is 2.58. The Kier molecular flexibility index (Phi) is 6.46. The molecule has 0 amide bonds. The molecule has 2 aromatic rings.